The van der Waals surface area contributed by atoms with E-state index in [0.29, 0.717) is 53.4 Å². The summed E-state index contributed by atoms with van der Waals surface area (Å²) in [6, 6.07) is 16.4. The molecule has 0 spiro atoms. The van der Waals surface area contributed by atoms with Gasteiger partial charge in [-0.05, 0) is 60.7 Å². The number of carbonyl (C=O) groups is 2. The first kappa shape index (κ1) is 24.9. The van der Waals surface area contributed by atoms with E-state index >= 15 is 0 Å². The van der Waals surface area contributed by atoms with Crippen molar-refractivity contribution in [1.29, 1.82) is 0 Å². The molecule has 0 bridgehead atoms. The molecule has 8 heteroatoms. The lowest BCUT2D eigenvalue weighted by Gasteiger charge is -2.37. The summed E-state index contributed by atoms with van der Waals surface area (Å²) in [5, 5.41) is 4.03. The highest BCUT2D eigenvalue weighted by Crippen LogP contribution is 2.30. The van der Waals surface area contributed by atoms with Gasteiger partial charge in [-0.2, -0.15) is 0 Å². The molecule has 1 aliphatic rings. The van der Waals surface area contributed by atoms with Crippen LogP contribution in [-0.4, -0.2) is 42.9 Å². The molecule has 3 aromatic rings. The number of hydrogen-bond acceptors (Lipinski definition) is 4. The first-order valence-electron chi connectivity index (χ1n) is 11.5. The fourth-order valence-electron chi connectivity index (χ4n) is 3.93. The van der Waals surface area contributed by atoms with E-state index in [0.717, 1.165) is 11.3 Å². The first-order chi connectivity index (χ1) is 16.8. The standard InChI is InChI=1S/C27H27Cl2N3O3/c1-18(2)27(34)32-15-13-31(14-16-32)24-10-7-21(17-23(24)29)30-26(33)12-9-22-8-11-25(35-22)19-3-5-20(28)6-4-19/h3-12,17-18H,13-16H2,1-2H3,(H,30,33). The maximum absolute atomic E-state index is 12.4. The van der Waals surface area contributed by atoms with Crippen LogP contribution in [0.4, 0.5) is 11.4 Å². The molecule has 0 unspecified atom stereocenters. The molecule has 0 saturated carbocycles. The van der Waals surface area contributed by atoms with Crippen molar-refractivity contribution >= 4 is 52.5 Å². The van der Waals surface area contributed by atoms with Crippen LogP contribution in [0.3, 0.4) is 0 Å². The molecule has 1 aromatic heterocycles. The lowest BCUT2D eigenvalue weighted by atomic mass is 10.1. The molecular weight excluding hydrogens is 485 g/mol. The molecule has 2 heterocycles. The summed E-state index contributed by atoms with van der Waals surface area (Å²) in [6.07, 6.45) is 3.03. The Kier molecular flexibility index (Phi) is 7.83. The molecule has 182 valence electrons. The lowest BCUT2D eigenvalue weighted by Crippen LogP contribution is -2.50. The second kappa shape index (κ2) is 11.0. The highest BCUT2D eigenvalue weighted by atomic mass is 35.5. The van der Waals surface area contributed by atoms with E-state index in [1.165, 1.54) is 6.08 Å². The Balaban J connectivity index is 1.33. The van der Waals surface area contributed by atoms with Crippen LogP contribution in [-0.2, 0) is 9.59 Å². The Hall–Kier alpha value is -3.22. The van der Waals surface area contributed by atoms with Crippen molar-refractivity contribution in [1.82, 2.24) is 4.90 Å². The number of halogens is 2. The molecule has 35 heavy (non-hydrogen) atoms. The van der Waals surface area contributed by atoms with E-state index in [4.69, 9.17) is 27.6 Å². The van der Waals surface area contributed by atoms with Gasteiger partial charge in [-0.25, -0.2) is 0 Å². The van der Waals surface area contributed by atoms with Gasteiger partial charge in [0.05, 0.1) is 10.7 Å². The van der Waals surface area contributed by atoms with Gasteiger partial charge in [-0.1, -0.05) is 37.0 Å². The van der Waals surface area contributed by atoms with Crippen molar-refractivity contribution in [3.63, 3.8) is 0 Å². The maximum atomic E-state index is 12.4. The third kappa shape index (κ3) is 6.27. The summed E-state index contributed by atoms with van der Waals surface area (Å²) in [5.74, 6) is 1.14. The van der Waals surface area contributed by atoms with Crippen LogP contribution in [0.1, 0.15) is 19.6 Å². The van der Waals surface area contributed by atoms with Crippen molar-refractivity contribution in [2.75, 3.05) is 36.4 Å². The predicted octanol–water partition coefficient (Wildman–Crippen LogP) is 6.21. The smallest absolute Gasteiger partial charge is 0.248 e. The molecule has 1 N–H and O–H groups in total. The summed E-state index contributed by atoms with van der Waals surface area (Å²) < 4.78 is 5.79. The molecular formula is C27H27Cl2N3O3. The maximum Gasteiger partial charge on any atom is 0.248 e. The minimum atomic E-state index is -0.293. The second-order valence-electron chi connectivity index (χ2n) is 8.66. The van der Waals surface area contributed by atoms with E-state index in [1.54, 1.807) is 30.3 Å². The SMILES string of the molecule is CC(C)C(=O)N1CCN(c2ccc(NC(=O)C=Cc3ccc(-c4ccc(Cl)cc4)o3)cc2Cl)CC1. The second-order valence-corrected chi connectivity index (χ2v) is 9.51. The minimum Gasteiger partial charge on any atom is -0.457 e. The van der Waals surface area contributed by atoms with Crippen molar-refractivity contribution < 1.29 is 14.0 Å². The van der Waals surface area contributed by atoms with Gasteiger partial charge >= 0.3 is 0 Å². The minimum absolute atomic E-state index is 0.000369. The molecule has 4 rings (SSSR count). The molecule has 2 aromatic carbocycles. The van der Waals surface area contributed by atoms with Crippen LogP contribution in [0, 0.1) is 5.92 Å². The largest absolute Gasteiger partial charge is 0.457 e. The van der Waals surface area contributed by atoms with Crippen molar-refractivity contribution in [2.45, 2.75) is 13.8 Å². The molecule has 0 atom stereocenters. The third-order valence-corrected chi connectivity index (χ3v) is 6.35. The van der Waals surface area contributed by atoms with Crippen LogP contribution in [0.15, 0.2) is 65.1 Å². The fourth-order valence-corrected chi connectivity index (χ4v) is 4.35. The van der Waals surface area contributed by atoms with Crippen LogP contribution in [0.2, 0.25) is 10.0 Å². The fraction of sp³-hybridized carbons (Fsp3) is 0.259. The van der Waals surface area contributed by atoms with Crippen LogP contribution >= 0.6 is 23.2 Å². The molecule has 6 nitrogen and oxygen atoms in total. The van der Waals surface area contributed by atoms with Crippen LogP contribution in [0.25, 0.3) is 17.4 Å². The molecule has 0 aliphatic carbocycles. The van der Waals surface area contributed by atoms with E-state index in [9.17, 15) is 9.59 Å². The Labute approximate surface area is 215 Å². The number of nitrogens with one attached hydrogen (secondary N) is 1. The van der Waals surface area contributed by atoms with E-state index in [-0.39, 0.29) is 17.7 Å². The average molecular weight is 512 g/mol. The van der Waals surface area contributed by atoms with Gasteiger partial charge in [0.1, 0.15) is 11.5 Å². The van der Waals surface area contributed by atoms with Crippen LogP contribution < -0.4 is 10.2 Å². The Morgan fingerprint density at radius 3 is 2.34 bits per heavy atom. The highest BCUT2D eigenvalue weighted by Gasteiger charge is 2.24. The zero-order valence-electron chi connectivity index (χ0n) is 19.6. The molecule has 1 aliphatic heterocycles. The molecule has 1 saturated heterocycles. The number of benzene rings is 2. The topological polar surface area (TPSA) is 65.8 Å². The molecule has 1 fully saturated rings. The number of anilines is 2. The Bertz CT molecular complexity index is 1230. The van der Waals surface area contributed by atoms with Crippen LogP contribution in [0.5, 0.6) is 0 Å². The Morgan fingerprint density at radius 2 is 1.69 bits per heavy atom. The normalized spacial score (nSPS) is 14.1. The van der Waals surface area contributed by atoms with Crippen molar-refractivity contribution in [3.8, 4) is 11.3 Å². The third-order valence-electron chi connectivity index (χ3n) is 5.80. The summed E-state index contributed by atoms with van der Waals surface area (Å²) in [4.78, 5) is 28.7. The summed E-state index contributed by atoms with van der Waals surface area (Å²) >= 11 is 12.5. The summed E-state index contributed by atoms with van der Waals surface area (Å²) in [7, 11) is 0. The number of amides is 2. The lowest BCUT2D eigenvalue weighted by molar-refractivity contribution is -0.134. The van der Waals surface area contributed by atoms with Gasteiger partial charge in [0.25, 0.3) is 0 Å². The molecule has 2 amide bonds. The number of nitrogens with zero attached hydrogens (tertiary/aromatic N) is 2. The number of hydrogen-bond donors (Lipinski definition) is 1. The number of furan rings is 1. The van der Waals surface area contributed by atoms with Gasteiger partial charge in [0.2, 0.25) is 11.8 Å². The van der Waals surface area contributed by atoms with E-state index in [1.807, 2.05) is 49.1 Å². The van der Waals surface area contributed by atoms with E-state index in [2.05, 4.69) is 10.2 Å². The number of piperazine rings is 1. The zero-order valence-corrected chi connectivity index (χ0v) is 21.1. The van der Waals surface area contributed by atoms with Crippen molar-refractivity contribution in [2.24, 2.45) is 5.92 Å². The van der Waals surface area contributed by atoms with E-state index < -0.39 is 0 Å². The Morgan fingerprint density at radius 1 is 0.971 bits per heavy atom. The number of rotatable bonds is 6. The monoisotopic (exact) mass is 511 g/mol. The van der Waals surface area contributed by atoms with Gasteiger partial charge in [0.15, 0.2) is 0 Å². The van der Waals surface area contributed by atoms with Crippen molar-refractivity contribution in [3.05, 3.63) is 76.5 Å². The average Bonchev–Trinajstić information content (AvgIpc) is 3.32. The van der Waals surface area contributed by atoms with Gasteiger partial charge in [-0.3, -0.25) is 9.59 Å². The van der Waals surface area contributed by atoms with Gasteiger partial charge in [0, 0.05) is 54.4 Å². The highest BCUT2D eigenvalue weighted by molar-refractivity contribution is 6.33. The summed E-state index contributed by atoms with van der Waals surface area (Å²) in [5.41, 5.74) is 2.40. The predicted molar refractivity (Wildman–Crippen MR) is 142 cm³/mol. The summed E-state index contributed by atoms with van der Waals surface area (Å²) in [6.45, 7) is 6.61. The zero-order chi connectivity index (χ0) is 24.9. The molecule has 0 radical (unpaired) electrons. The first-order valence-corrected chi connectivity index (χ1v) is 12.2. The quantitative estimate of drug-likeness (QED) is 0.399. The van der Waals surface area contributed by atoms with Gasteiger partial charge in [-0.15, -0.1) is 0 Å². The number of carbonyl (C=O) groups excluding carboxylic acids is 2. The van der Waals surface area contributed by atoms with Gasteiger partial charge < -0.3 is 19.5 Å².